The van der Waals surface area contributed by atoms with Gasteiger partial charge in [0.15, 0.2) is 0 Å². The van der Waals surface area contributed by atoms with Gasteiger partial charge in [-0.15, -0.1) is 0 Å². The molecule has 1 aliphatic heterocycles. The molecule has 1 N–H and O–H groups in total. The first kappa shape index (κ1) is 13.1. The first-order valence-electron chi connectivity index (χ1n) is 5.97. The Balaban J connectivity index is 2.22. The lowest BCUT2D eigenvalue weighted by molar-refractivity contribution is -0.121. The van der Waals surface area contributed by atoms with E-state index in [9.17, 15) is 9.59 Å². The van der Waals surface area contributed by atoms with Crippen LogP contribution in [0.25, 0.3) is 0 Å². The highest BCUT2D eigenvalue weighted by atomic mass is 16.2. The molecule has 19 heavy (non-hydrogen) atoms. The van der Waals surface area contributed by atoms with Gasteiger partial charge in [0.1, 0.15) is 5.41 Å². The molecule has 0 bridgehead atoms. The van der Waals surface area contributed by atoms with Crippen LogP contribution in [-0.4, -0.2) is 18.9 Å². The topological polar surface area (TPSA) is 73.2 Å². The first-order valence-corrected chi connectivity index (χ1v) is 5.97. The molecule has 0 saturated carbocycles. The standard InChI is InChI=1S/C14H15N3O2/c1-14(2,8-15)13(19)16-10-4-5-11-9(6-10)7-12(18)17(11)3/h4-6H,7H2,1-3H3,(H,16,19). The third-order valence-corrected chi connectivity index (χ3v) is 3.26. The van der Waals surface area contributed by atoms with Crippen molar-refractivity contribution in [1.82, 2.24) is 0 Å². The number of rotatable bonds is 2. The highest BCUT2D eigenvalue weighted by Gasteiger charge is 2.28. The minimum absolute atomic E-state index is 0.0378. The number of carbonyl (C=O) groups excluding carboxylic acids is 2. The summed E-state index contributed by atoms with van der Waals surface area (Å²) in [6, 6.07) is 7.27. The summed E-state index contributed by atoms with van der Waals surface area (Å²) in [6.45, 7) is 3.13. The number of nitriles is 1. The van der Waals surface area contributed by atoms with Crippen molar-refractivity contribution in [3.05, 3.63) is 23.8 Å². The van der Waals surface area contributed by atoms with Gasteiger partial charge >= 0.3 is 0 Å². The van der Waals surface area contributed by atoms with Gasteiger partial charge in [0.2, 0.25) is 11.8 Å². The number of fused-ring (bicyclic) bond motifs is 1. The molecular formula is C14H15N3O2. The molecule has 2 rings (SSSR count). The molecule has 0 aromatic heterocycles. The van der Waals surface area contributed by atoms with Crippen LogP contribution in [0.15, 0.2) is 18.2 Å². The van der Waals surface area contributed by atoms with Gasteiger partial charge in [0.05, 0.1) is 12.5 Å². The number of benzene rings is 1. The van der Waals surface area contributed by atoms with Crippen molar-refractivity contribution in [2.24, 2.45) is 5.41 Å². The Kier molecular flexibility index (Phi) is 3.03. The lowest BCUT2D eigenvalue weighted by Crippen LogP contribution is -2.29. The highest BCUT2D eigenvalue weighted by molar-refractivity contribution is 6.02. The molecule has 0 radical (unpaired) electrons. The molecule has 2 amide bonds. The van der Waals surface area contributed by atoms with Gasteiger partial charge in [0, 0.05) is 18.4 Å². The zero-order chi connectivity index (χ0) is 14.2. The second-order valence-corrected chi connectivity index (χ2v) is 5.16. The molecule has 5 nitrogen and oxygen atoms in total. The second kappa shape index (κ2) is 4.39. The van der Waals surface area contributed by atoms with E-state index in [0.717, 1.165) is 11.3 Å². The average Bonchev–Trinajstić information content (AvgIpc) is 2.64. The summed E-state index contributed by atoms with van der Waals surface area (Å²) in [5, 5.41) is 11.6. The zero-order valence-corrected chi connectivity index (χ0v) is 11.2. The second-order valence-electron chi connectivity index (χ2n) is 5.16. The van der Waals surface area contributed by atoms with E-state index in [1.165, 1.54) is 0 Å². The van der Waals surface area contributed by atoms with Crippen molar-refractivity contribution in [2.45, 2.75) is 20.3 Å². The Bertz CT molecular complexity index is 599. The van der Waals surface area contributed by atoms with Crippen molar-refractivity contribution in [3.63, 3.8) is 0 Å². The summed E-state index contributed by atoms with van der Waals surface area (Å²) in [4.78, 5) is 25.0. The number of carbonyl (C=O) groups is 2. The number of nitrogens with one attached hydrogen (secondary N) is 1. The van der Waals surface area contributed by atoms with Gasteiger partial charge in [-0.05, 0) is 37.6 Å². The van der Waals surface area contributed by atoms with E-state index in [0.29, 0.717) is 12.1 Å². The Morgan fingerprint density at radius 1 is 1.47 bits per heavy atom. The van der Waals surface area contributed by atoms with Crippen LogP contribution in [0, 0.1) is 16.7 Å². The van der Waals surface area contributed by atoms with Crippen LogP contribution >= 0.6 is 0 Å². The molecule has 0 fully saturated rings. The summed E-state index contributed by atoms with van der Waals surface area (Å²) >= 11 is 0. The molecule has 5 heteroatoms. The zero-order valence-electron chi connectivity index (χ0n) is 11.2. The maximum absolute atomic E-state index is 11.9. The van der Waals surface area contributed by atoms with Crippen LogP contribution in [0.2, 0.25) is 0 Å². The normalized spacial score (nSPS) is 14.0. The SMILES string of the molecule is CN1C(=O)Cc2cc(NC(=O)C(C)(C)C#N)ccc21. The fourth-order valence-corrected chi connectivity index (χ4v) is 1.89. The molecule has 0 saturated heterocycles. The summed E-state index contributed by atoms with van der Waals surface area (Å²) < 4.78 is 0. The maximum Gasteiger partial charge on any atom is 0.244 e. The molecule has 1 heterocycles. The average molecular weight is 257 g/mol. The van der Waals surface area contributed by atoms with Crippen LogP contribution in [0.1, 0.15) is 19.4 Å². The Labute approximate surface area is 111 Å². The van der Waals surface area contributed by atoms with E-state index in [2.05, 4.69) is 5.32 Å². The quantitative estimate of drug-likeness (QED) is 0.876. The van der Waals surface area contributed by atoms with Crippen molar-refractivity contribution in [1.29, 1.82) is 5.26 Å². The number of anilines is 2. The van der Waals surface area contributed by atoms with Gasteiger partial charge in [0.25, 0.3) is 0 Å². The molecule has 98 valence electrons. The third kappa shape index (κ3) is 2.29. The lowest BCUT2D eigenvalue weighted by Gasteiger charge is -2.16. The van der Waals surface area contributed by atoms with Crippen molar-refractivity contribution in [3.8, 4) is 6.07 Å². The fourth-order valence-electron chi connectivity index (χ4n) is 1.89. The first-order chi connectivity index (χ1) is 8.85. The molecule has 0 atom stereocenters. The summed E-state index contributed by atoms with van der Waals surface area (Å²) in [6.07, 6.45) is 0.344. The Morgan fingerprint density at radius 3 is 2.79 bits per heavy atom. The Morgan fingerprint density at radius 2 is 2.16 bits per heavy atom. The third-order valence-electron chi connectivity index (χ3n) is 3.26. The molecular weight excluding hydrogens is 242 g/mol. The molecule has 0 aliphatic carbocycles. The molecule has 1 aliphatic rings. The van der Waals surface area contributed by atoms with Crippen molar-refractivity contribution in [2.75, 3.05) is 17.3 Å². The van der Waals surface area contributed by atoms with Gasteiger partial charge in [-0.3, -0.25) is 9.59 Å². The predicted octanol–water partition coefficient (Wildman–Crippen LogP) is 1.69. The van der Waals surface area contributed by atoms with Crippen LogP contribution in [0.3, 0.4) is 0 Å². The van der Waals surface area contributed by atoms with Gasteiger partial charge < -0.3 is 10.2 Å². The largest absolute Gasteiger partial charge is 0.325 e. The summed E-state index contributed by atoms with van der Waals surface area (Å²) in [5.74, 6) is -0.316. The monoisotopic (exact) mass is 257 g/mol. The molecule has 0 spiro atoms. The van der Waals surface area contributed by atoms with Crippen LogP contribution in [0.5, 0.6) is 0 Å². The fraction of sp³-hybridized carbons (Fsp3) is 0.357. The lowest BCUT2D eigenvalue weighted by atomic mass is 9.94. The maximum atomic E-state index is 11.9. The number of nitrogens with zero attached hydrogens (tertiary/aromatic N) is 2. The van der Waals surface area contributed by atoms with E-state index >= 15 is 0 Å². The van der Waals surface area contributed by atoms with Gasteiger partial charge in [-0.25, -0.2) is 0 Å². The molecule has 0 unspecified atom stereocenters. The minimum atomic E-state index is -1.08. The Hall–Kier alpha value is -2.35. The van der Waals surface area contributed by atoms with E-state index in [1.807, 2.05) is 6.07 Å². The van der Waals surface area contributed by atoms with E-state index in [4.69, 9.17) is 5.26 Å². The molecule has 1 aromatic carbocycles. The smallest absolute Gasteiger partial charge is 0.244 e. The van der Waals surface area contributed by atoms with Crippen molar-refractivity contribution < 1.29 is 9.59 Å². The summed E-state index contributed by atoms with van der Waals surface area (Å²) in [7, 11) is 1.73. The summed E-state index contributed by atoms with van der Waals surface area (Å²) in [5.41, 5.74) is 1.28. The van der Waals surface area contributed by atoms with E-state index in [1.54, 1.807) is 44.0 Å². The number of hydrogen-bond donors (Lipinski definition) is 1. The predicted molar refractivity (Wildman–Crippen MR) is 71.6 cm³/mol. The van der Waals surface area contributed by atoms with E-state index in [-0.39, 0.29) is 11.8 Å². The van der Waals surface area contributed by atoms with Crippen molar-refractivity contribution >= 4 is 23.2 Å². The minimum Gasteiger partial charge on any atom is -0.325 e. The highest BCUT2D eigenvalue weighted by Crippen LogP contribution is 2.30. The number of likely N-dealkylation sites (N-methyl/N-ethyl adjacent to an activating group) is 1. The van der Waals surface area contributed by atoms with Gasteiger partial charge in [-0.2, -0.15) is 5.26 Å². The van der Waals surface area contributed by atoms with Gasteiger partial charge in [-0.1, -0.05) is 0 Å². The van der Waals surface area contributed by atoms with Crippen LogP contribution in [-0.2, 0) is 16.0 Å². The van der Waals surface area contributed by atoms with E-state index < -0.39 is 5.41 Å². The number of amides is 2. The van der Waals surface area contributed by atoms with Crippen LogP contribution < -0.4 is 10.2 Å². The van der Waals surface area contributed by atoms with Crippen LogP contribution in [0.4, 0.5) is 11.4 Å². The number of hydrogen-bond acceptors (Lipinski definition) is 3. The molecule has 1 aromatic rings.